The predicted molar refractivity (Wildman–Crippen MR) is 54.9 cm³/mol. The normalized spacial score (nSPS) is 10.7. The van der Waals surface area contributed by atoms with Crippen LogP contribution < -0.4 is 5.32 Å². The Kier molecular flexibility index (Phi) is 3.14. The highest BCUT2D eigenvalue weighted by Crippen LogP contribution is 1.99. The first-order valence-corrected chi connectivity index (χ1v) is 5.01. The Balaban J connectivity index is 1.83. The maximum absolute atomic E-state index is 4.74. The number of nitrogens with one attached hydrogen (secondary N) is 1. The smallest absolute Gasteiger partial charge is 0.124 e. The Labute approximate surface area is 88.1 Å². The fourth-order valence-electron chi connectivity index (χ4n) is 1.44. The lowest BCUT2D eigenvalue weighted by molar-refractivity contribution is 0.408. The molecule has 2 rings (SSSR count). The monoisotopic (exact) mass is 206 g/mol. The predicted octanol–water partition coefficient (Wildman–Crippen LogP) is 1.18. The minimum absolute atomic E-state index is 0.714. The van der Waals surface area contributed by atoms with Gasteiger partial charge in [-0.1, -0.05) is 5.16 Å². The lowest BCUT2D eigenvalue weighted by atomic mass is 10.4. The van der Waals surface area contributed by atoms with Crippen molar-refractivity contribution in [1.82, 2.24) is 20.3 Å². The summed E-state index contributed by atoms with van der Waals surface area (Å²) in [6.07, 6.45) is 3.39. The van der Waals surface area contributed by atoms with Gasteiger partial charge in [-0.25, -0.2) is 0 Å². The van der Waals surface area contributed by atoms with Crippen molar-refractivity contribution < 1.29 is 4.52 Å². The zero-order valence-electron chi connectivity index (χ0n) is 8.68. The van der Waals surface area contributed by atoms with E-state index in [0.29, 0.717) is 6.54 Å². The second-order valence-corrected chi connectivity index (χ2v) is 3.23. The summed E-state index contributed by atoms with van der Waals surface area (Å²) in [5.41, 5.74) is 2.10. The molecule has 0 aliphatic heterocycles. The van der Waals surface area contributed by atoms with Crippen LogP contribution in [0.4, 0.5) is 0 Å². The van der Waals surface area contributed by atoms with Gasteiger partial charge in [-0.3, -0.25) is 4.68 Å². The van der Waals surface area contributed by atoms with Gasteiger partial charge in [-0.15, -0.1) is 0 Å². The molecule has 0 amide bonds. The second kappa shape index (κ2) is 4.75. The zero-order chi connectivity index (χ0) is 10.5. The summed E-state index contributed by atoms with van der Waals surface area (Å²) < 4.78 is 6.71. The van der Waals surface area contributed by atoms with Gasteiger partial charge < -0.3 is 9.84 Å². The summed E-state index contributed by atoms with van der Waals surface area (Å²) in [6, 6.07) is 3.86. The fraction of sp³-hybridized carbons (Fsp3) is 0.400. The van der Waals surface area contributed by atoms with Crippen molar-refractivity contribution in [2.24, 2.45) is 0 Å². The lowest BCUT2D eigenvalue weighted by Gasteiger charge is -2.04. The van der Waals surface area contributed by atoms with Gasteiger partial charge in [-0.05, 0) is 13.0 Å². The third-order valence-electron chi connectivity index (χ3n) is 2.21. The van der Waals surface area contributed by atoms with E-state index in [2.05, 4.69) is 22.5 Å². The standard InChI is InChI=1S/C10H14N4O/c1-2-14-10(3-5-12-14)8-11-7-9-4-6-15-13-9/h3-6,11H,2,7-8H2,1H3. The van der Waals surface area contributed by atoms with Crippen LogP contribution >= 0.6 is 0 Å². The van der Waals surface area contributed by atoms with Crippen molar-refractivity contribution in [3.05, 3.63) is 36.0 Å². The molecule has 2 aromatic heterocycles. The molecule has 0 fully saturated rings. The summed E-state index contributed by atoms with van der Waals surface area (Å²) in [5.74, 6) is 0. The van der Waals surface area contributed by atoms with E-state index in [4.69, 9.17) is 4.52 Å². The van der Waals surface area contributed by atoms with Gasteiger partial charge in [0.25, 0.3) is 0 Å². The summed E-state index contributed by atoms with van der Waals surface area (Å²) in [4.78, 5) is 0. The van der Waals surface area contributed by atoms with Crippen LogP contribution in [0.25, 0.3) is 0 Å². The molecule has 2 heterocycles. The molecule has 0 aliphatic rings. The van der Waals surface area contributed by atoms with E-state index in [-0.39, 0.29) is 0 Å². The summed E-state index contributed by atoms with van der Waals surface area (Å²) in [7, 11) is 0. The maximum atomic E-state index is 4.74. The lowest BCUT2D eigenvalue weighted by Crippen LogP contribution is -2.16. The van der Waals surface area contributed by atoms with Gasteiger partial charge in [0.05, 0.1) is 11.4 Å². The molecular weight excluding hydrogens is 192 g/mol. The molecule has 80 valence electrons. The Hall–Kier alpha value is -1.62. The largest absolute Gasteiger partial charge is 0.364 e. The maximum Gasteiger partial charge on any atom is 0.124 e. The molecule has 2 aromatic rings. The quantitative estimate of drug-likeness (QED) is 0.798. The first kappa shape index (κ1) is 9.92. The Morgan fingerprint density at radius 2 is 2.33 bits per heavy atom. The van der Waals surface area contributed by atoms with E-state index in [1.165, 1.54) is 5.69 Å². The first-order valence-electron chi connectivity index (χ1n) is 5.01. The van der Waals surface area contributed by atoms with Crippen LogP contribution in [-0.2, 0) is 19.6 Å². The first-order chi connectivity index (χ1) is 7.40. The van der Waals surface area contributed by atoms with Crippen molar-refractivity contribution in [1.29, 1.82) is 0 Å². The molecule has 0 saturated heterocycles. The van der Waals surface area contributed by atoms with E-state index >= 15 is 0 Å². The number of aryl methyl sites for hydroxylation is 1. The molecule has 0 aliphatic carbocycles. The molecule has 0 saturated carbocycles. The van der Waals surface area contributed by atoms with Gasteiger partial charge in [0.2, 0.25) is 0 Å². The Morgan fingerprint density at radius 3 is 3.07 bits per heavy atom. The molecule has 1 N–H and O–H groups in total. The number of rotatable bonds is 5. The third-order valence-corrected chi connectivity index (χ3v) is 2.21. The Morgan fingerprint density at radius 1 is 1.40 bits per heavy atom. The van der Waals surface area contributed by atoms with Crippen LogP contribution in [0.2, 0.25) is 0 Å². The average Bonchev–Trinajstić information content (AvgIpc) is 2.88. The van der Waals surface area contributed by atoms with Gasteiger partial charge in [-0.2, -0.15) is 5.10 Å². The molecule has 5 nitrogen and oxygen atoms in total. The van der Waals surface area contributed by atoms with Crippen LogP contribution in [-0.4, -0.2) is 14.9 Å². The van der Waals surface area contributed by atoms with Crippen molar-refractivity contribution in [3.63, 3.8) is 0 Å². The minimum Gasteiger partial charge on any atom is -0.364 e. The van der Waals surface area contributed by atoms with Crippen molar-refractivity contribution in [3.8, 4) is 0 Å². The topological polar surface area (TPSA) is 55.9 Å². The molecule has 0 unspecified atom stereocenters. The molecule has 0 radical (unpaired) electrons. The van der Waals surface area contributed by atoms with Gasteiger partial charge in [0, 0.05) is 31.9 Å². The van der Waals surface area contributed by atoms with Crippen LogP contribution in [0, 0.1) is 0 Å². The van der Waals surface area contributed by atoms with E-state index in [1.807, 2.05) is 23.0 Å². The van der Waals surface area contributed by atoms with Crippen LogP contribution in [0.3, 0.4) is 0 Å². The molecule has 15 heavy (non-hydrogen) atoms. The summed E-state index contributed by atoms with van der Waals surface area (Å²) >= 11 is 0. The van der Waals surface area contributed by atoms with Crippen LogP contribution in [0.15, 0.2) is 29.1 Å². The number of hydrogen-bond donors (Lipinski definition) is 1. The average molecular weight is 206 g/mol. The third kappa shape index (κ3) is 2.44. The van der Waals surface area contributed by atoms with E-state index < -0.39 is 0 Å². The Bertz CT molecular complexity index is 393. The molecule has 0 spiro atoms. The number of aromatic nitrogens is 3. The fourth-order valence-corrected chi connectivity index (χ4v) is 1.44. The summed E-state index contributed by atoms with van der Waals surface area (Å²) in [5, 5.41) is 11.3. The summed E-state index contributed by atoms with van der Waals surface area (Å²) in [6.45, 7) is 4.48. The van der Waals surface area contributed by atoms with E-state index in [0.717, 1.165) is 18.8 Å². The number of nitrogens with zero attached hydrogens (tertiary/aromatic N) is 3. The molecule has 5 heteroatoms. The van der Waals surface area contributed by atoms with Gasteiger partial charge in [0.1, 0.15) is 6.26 Å². The molecule has 0 bridgehead atoms. The SMILES string of the molecule is CCn1nccc1CNCc1ccon1. The van der Waals surface area contributed by atoms with Crippen molar-refractivity contribution in [2.75, 3.05) is 0 Å². The van der Waals surface area contributed by atoms with E-state index in [1.54, 1.807) is 6.26 Å². The minimum atomic E-state index is 0.714. The highest BCUT2D eigenvalue weighted by molar-refractivity contribution is 5.01. The van der Waals surface area contributed by atoms with Gasteiger partial charge in [0.15, 0.2) is 0 Å². The highest BCUT2D eigenvalue weighted by atomic mass is 16.5. The second-order valence-electron chi connectivity index (χ2n) is 3.23. The molecular formula is C10H14N4O. The number of hydrogen-bond acceptors (Lipinski definition) is 4. The van der Waals surface area contributed by atoms with Crippen molar-refractivity contribution in [2.45, 2.75) is 26.6 Å². The van der Waals surface area contributed by atoms with Crippen molar-refractivity contribution >= 4 is 0 Å². The molecule has 0 aromatic carbocycles. The van der Waals surface area contributed by atoms with Gasteiger partial charge >= 0.3 is 0 Å². The van der Waals surface area contributed by atoms with Crippen LogP contribution in [0.1, 0.15) is 18.3 Å². The van der Waals surface area contributed by atoms with Crippen LogP contribution in [0.5, 0.6) is 0 Å². The van der Waals surface area contributed by atoms with E-state index in [9.17, 15) is 0 Å². The highest BCUT2D eigenvalue weighted by Gasteiger charge is 2.00. The zero-order valence-corrected chi connectivity index (χ0v) is 8.68. The molecule has 0 atom stereocenters.